The van der Waals surface area contributed by atoms with Crippen molar-refractivity contribution < 1.29 is 9.47 Å². The Labute approximate surface area is 126 Å². The summed E-state index contributed by atoms with van der Waals surface area (Å²) >= 11 is 0. The Kier molecular flexibility index (Phi) is 5.23. The van der Waals surface area contributed by atoms with Gasteiger partial charge in [0.05, 0.1) is 13.2 Å². The third-order valence-electron chi connectivity index (χ3n) is 3.62. The Bertz CT molecular complexity index is 596. The summed E-state index contributed by atoms with van der Waals surface area (Å²) in [5, 5.41) is 3.33. The van der Waals surface area contributed by atoms with Gasteiger partial charge in [0, 0.05) is 6.07 Å². The Morgan fingerprint density at radius 2 is 1.81 bits per heavy atom. The van der Waals surface area contributed by atoms with Crippen LogP contribution in [0.2, 0.25) is 0 Å². The fourth-order valence-electron chi connectivity index (χ4n) is 2.33. The Morgan fingerprint density at radius 3 is 2.52 bits per heavy atom. The molecule has 2 rings (SSSR count). The van der Waals surface area contributed by atoms with Crippen molar-refractivity contribution in [1.29, 1.82) is 0 Å². The molecule has 1 N–H and O–H groups in total. The van der Waals surface area contributed by atoms with Crippen LogP contribution in [0.1, 0.15) is 22.7 Å². The molecule has 2 aromatic rings. The maximum Gasteiger partial charge on any atom is 0.123 e. The van der Waals surface area contributed by atoms with E-state index in [-0.39, 0.29) is 6.04 Å². The summed E-state index contributed by atoms with van der Waals surface area (Å²) in [5.41, 5.74) is 3.81. The van der Waals surface area contributed by atoms with Crippen LogP contribution in [0.25, 0.3) is 0 Å². The van der Waals surface area contributed by atoms with Crippen molar-refractivity contribution in [2.45, 2.75) is 19.9 Å². The molecular formula is C18H23NO2. The highest BCUT2D eigenvalue weighted by atomic mass is 16.5. The lowest BCUT2D eigenvalue weighted by molar-refractivity contribution is 0.271. The third kappa shape index (κ3) is 3.99. The molecule has 0 bridgehead atoms. The zero-order valence-electron chi connectivity index (χ0n) is 13.1. The Hall–Kier alpha value is -2.00. The normalized spacial score (nSPS) is 12.0. The van der Waals surface area contributed by atoms with Gasteiger partial charge in [-0.1, -0.05) is 29.8 Å². The average molecular weight is 285 g/mol. The van der Waals surface area contributed by atoms with E-state index in [9.17, 15) is 0 Å². The first-order valence-electron chi connectivity index (χ1n) is 7.15. The minimum absolute atomic E-state index is 0.163. The third-order valence-corrected chi connectivity index (χ3v) is 3.62. The maximum absolute atomic E-state index is 5.91. The molecular weight excluding hydrogens is 262 g/mol. The highest BCUT2D eigenvalue weighted by Crippen LogP contribution is 2.23. The molecule has 21 heavy (non-hydrogen) atoms. The molecule has 0 fully saturated rings. The van der Waals surface area contributed by atoms with Crippen molar-refractivity contribution in [3.8, 4) is 11.5 Å². The van der Waals surface area contributed by atoms with Crippen LogP contribution in [0.4, 0.5) is 0 Å². The van der Waals surface area contributed by atoms with E-state index in [4.69, 9.17) is 9.47 Å². The average Bonchev–Trinajstić information content (AvgIpc) is 2.51. The minimum Gasteiger partial charge on any atom is -0.497 e. The van der Waals surface area contributed by atoms with Crippen molar-refractivity contribution in [1.82, 2.24) is 5.32 Å². The first-order valence-corrected chi connectivity index (χ1v) is 7.15. The maximum atomic E-state index is 5.91. The molecule has 3 nitrogen and oxygen atoms in total. The fourth-order valence-corrected chi connectivity index (χ4v) is 2.33. The minimum atomic E-state index is 0.163. The first-order chi connectivity index (χ1) is 10.1. The number of benzene rings is 2. The summed E-state index contributed by atoms with van der Waals surface area (Å²) in [6.45, 7) is 4.82. The molecule has 2 aromatic carbocycles. The van der Waals surface area contributed by atoms with Gasteiger partial charge in [0.2, 0.25) is 0 Å². The molecule has 0 amide bonds. The molecule has 0 aliphatic carbocycles. The van der Waals surface area contributed by atoms with Gasteiger partial charge in [-0.2, -0.15) is 0 Å². The van der Waals surface area contributed by atoms with E-state index >= 15 is 0 Å². The van der Waals surface area contributed by atoms with E-state index in [2.05, 4.69) is 37.4 Å². The lowest BCUT2D eigenvalue weighted by Crippen LogP contribution is -2.24. The smallest absolute Gasteiger partial charge is 0.123 e. The standard InChI is InChI=1S/C18H23NO2/c1-13-8-9-14(2)17(10-13)18(19-3)12-21-16-7-5-6-15(11-16)20-4/h5-11,18-19H,12H2,1-4H3. The lowest BCUT2D eigenvalue weighted by atomic mass is 9.99. The summed E-state index contributed by atoms with van der Waals surface area (Å²) in [5.74, 6) is 1.63. The summed E-state index contributed by atoms with van der Waals surface area (Å²) in [4.78, 5) is 0. The van der Waals surface area contributed by atoms with Gasteiger partial charge in [-0.25, -0.2) is 0 Å². The molecule has 0 radical (unpaired) electrons. The zero-order chi connectivity index (χ0) is 15.2. The van der Waals surface area contributed by atoms with E-state index in [1.165, 1.54) is 16.7 Å². The Morgan fingerprint density at radius 1 is 1.05 bits per heavy atom. The highest BCUT2D eigenvalue weighted by Gasteiger charge is 2.13. The summed E-state index contributed by atoms with van der Waals surface area (Å²) in [7, 11) is 3.62. The van der Waals surface area contributed by atoms with Crippen LogP contribution in [0.5, 0.6) is 11.5 Å². The van der Waals surface area contributed by atoms with Gasteiger partial charge in [-0.15, -0.1) is 0 Å². The van der Waals surface area contributed by atoms with Crippen LogP contribution in [-0.2, 0) is 0 Å². The predicted molar refractivity (Wildman–Crippen MR) is 86.2 cm³/mol. The van der Waals surface area contributed by atoms with Crippen LogP contribution in [-0.4, -0.2) is 20.8 Å². The van der Waals surface area contributed by atoms with Gasteiger partial charge in [-0.3, -0.25) is 0 Å². The molecule has 1 atom stereocenters. The van der Waals surface area contributed by atoms with Gasteiger partial charge < -0.3 is 14.8 Å². The molecule has 0 saturated heterocycles. The lowest BCUT2D eigenvalue weighted by Gasteiger charge is -2.20. The highest BCUT2D eigenvalue weighted by molar-refractivity contribution is 5.35. The van der Waals surface area contributed by atoms with Gasteiger partial charge in [-0.05, 0) is 44.2 Å². The summed E-state index contributed by atoms with van der Waals surface area (Å²) in [6.07, 6.45) is 0. The molecule has 1 unspecified atom stereocenters. The molecule has 0 aliphatic rings. The van der Waals surface area contributed by atoms with E-state index < -0.39 is 0 Å². The largest absolute Gasteiger partial charge is 0.497 e. The molecule has 0 saturated carbocycles. The molecule has 0 aromatic heterocycles. The van der Waals surface area contributed by atoms with Crippen LogP contribution < -0.4 is 14.8 Å². The van der Waals surface area contributed by atoms with E-state index in [1.54, 1.807) is 7.11 Å². The number of hydrogen-bond acceptors (Lipinski definition) is 3. The first kappa shape index (κ1) is 15.4. The van der Waals surface area contributed by atoms with Crippen LogP contribution in [0, 0.1) is 13.8 Å². The van der Waals surface area contributed by atoms with Crippen molar-refractivity contribution in [3.63, 3.8) is 0 Å². The van der Waals surface area contributed by atoms with Crippen molar-refractivity contribution >= 4 is 0 Å². The number of ether oxygens (including phenoxy) is 2. The topological polar surface area (TPSA) is 30.5 Å². The number of likely N-dealkylation sites (N-methyl/N-ethyl adjacent to an activating group) is 1. The second-order valence-corrected chi connectivity index (χ2v) is 5.19. The SMILES string of the molecule is CNC(COc1cccc(OC)c1)c1cc(C)ccc1C. The number of nitrogens with one attached hydrogen (secondary N) is 1. The van der Waals surface area contributed by atoms with Gasteiger partial charge in [0.25, 0.3) is 0 Å². The Balaban J connectivity index is 2.10. The molecule has 112 valence electrons. The zero-order valence-corrected chi connectivity index (χ0v) is 13.1. The second kappa shape index (κ2) is 7.14. The van der Waals surface area contributed by atoms with Crippen molar-refractivity contribution in [2.75, 3.05) is 20.8 Å². The number of aryl methyl sites for hydroxylation is 2. The second-order valence-electron chi connectivity index (χ2n) is 5.19. The summed E-state index contributed by atoms with van der Waals surface area (Å²) < 4.78 is 11.1. The predicted octanol–water partition coefficient (Wildman–Crippen LogP) is 3.65. The van der Waals surface area contributed by atoms with Crippen molar-refractivity contribution in [2.24, 2.45) is 0 Å². The molecule has 3 heteroatoms. The number of rotatable bonds is 6. The fraction of sp³-hybridized carbons (Fsp3) is 0.333. The number of methoxy groups -OCH3 is 1. The van der Waals surface area contributed by atoms with Crippen LogP contribution in [0.15, 0.2) is 42.5 Å². The van der Waals surface area contributed by atoms with Crippen molar-refractivity contribution in [3.05, 3.63) is 59.2 Å². The van der Waals surface area contributed by atoms with Gasteiger partial charge in [0.1, 0.15) is 18.1 Å². The molecule has 0 heterocycles. The molecule has 0 spiro atoms. The van der Waals surface area contributed by atoms with Gasteiger partial charge in [0.15, 0.2) is 0 Å². The van der Waals surface area contributed by atoms with Crippen LogP contribution >= 0.6 is 0 Å². The van der Waals surface area contributed by atoms with Gasteiger partial charge >= 0.3 is 0 Å². The monoisotopic (exact) mass is 285 g/mol. The summed E-state index contributed by atoms with van der Waals surface area (Å²) in [6, 6.07) is 14.3. The van der Waals surface area contributed by atoms with Crippen LogP contribution in [0.3, 0.4) is 0 Å². The van der Waals surface area contributed by atoms with E-state index in [0.29, 0.717) is 6.61 Å². The number of hydrogen-bond donors (Lipinski definition) is 1. The van der Waals surface area contributed by atoms with E-state index in [1.807, 2.05) is 31.3 Å². The van der Waals surface area contributed by atoms with E-state index in [0.717, 1.165) is 11.5 Å². The quantitative estimate of drug-likeness (QED) is 0.878. The molecule has 0 aliphatic heterocycles.